The third kappa shape index (κ3) is 3.61. The van der Waals surface area contributed by atoms with E-state index < -0.39 is 17.8 Å². The van der Waals surface area contributed by atoms with Gasteiger partial charge in [-0.15, -0.1) is 0 Å². The number of benzene rings is 2. The highest BCUT2D eigenvalue weighted by molar-refractivity contribution is 6.10. The standard InChI is InChI=1S/C22H17F3N2O2/c1-12(29)7-13-5-6-17-19(8-13)27-20-15(11-28)10-18(26-21(17)20)14-3-2-4-16(9-14)22(23,24)25/h2-6,8-12,27,29H,7H2,1H3/t12-/m1/s1. The first-order valence-electron chi connectivity index (χ1n) is 9.02. The fraction of sp³-hybridized carbons (Fsp3) is 0.182. The van der Waals surface area contributed by atoms with Crippen molar-refractivity contribution in [3.05, 3.63) is 65.2 Å². The van der Waals surface area contributed by atoms with Gasteiger partial charge in [0.1, 0.15) is 0 Å². The first-order valence-corrected chi connectivity index (χ1v) is 9.02. The normalized spacial score (nSPS) is 13.1. The van der Waals surface area contributed by atoms with Crippen LogP contribution in [0.3, 0.4) is 0 Å². The summed E-state index contributed by atoms with van der Waals surface area (Å²) in [5.74, 6) is 0. The Hall–Kier alpha value is -3.19. The number of nitrogens with zero attached hydrogens (tertiary/aromatic N) is 1. The van der Waals surface area contributed by atoms with Crippen LogP contribution >= 0.6 is 0 Å². The van der Waals surface area contributed by atoms with Crippen molar-refractivity contribution in [2.24, 2.45) is 0 Å². The molecule has 2 N–H and O–H groups in total. The van der Waals surface area contributed by atoms with Gasteiger partial charge < -0.3 is 10.1 Å². The molecule has 0 saturated heterocycles. The second-order valence-corrected chi connectivity index (χ2v) is 7.07. The fourth-order valence-corrected chi connectivity index (χ4v) is 3.49. The van der Waals surface area contributed by atoms with Crippen LogP contribution in [-0.2, 0) is 12.6 Å². The van der Waals surface area contributed by atoms with Crippen molar-refractivity contribution >= 4 is 28.2 Å². The lowest BCUT2D eigenvalue weighted by Crippen LogP contribution is -2.04. The number of aliphatic hydroxyl groups excluding tert-OH is 1. The minimum atomic E-state index is -4.46. The summed E-state index contributed by atoms with van der Waals surface area (Å²) in [6, 6.07) is 11.9. The quantitative estimate of drug-likeness (QED) is 0.468. The van der Waals surface area contributed by atoms with Gasteiger partial charge in [0.05, 0.1) is 28.4 Å². The zero-order valence-electron chi connectivity index (χ0n) is 15.4. The molecule has 0 bridgehead atoms. The number of aromatic nitrogens is 2. The molecule has 0 fully saturated rings. The summed E-state index contributed by atoms with van der Waals surface area (Å²) in [5.41, 5.74) is 2.83. The number of aliphatic hydroxyl groups is 1. The van der Waals surface area contributed by atoms with Crippen LogP contribution in [0.4, 0.5) is 13.2 Å². The Morgan fingerprint density at radius 1 is 1.17 bits per heavy atom. The Kier molecular flexibility index (Phi) is 4.62. The molecular formula is C22H17F3N2O2. The van der Waals surface area contributed by atoms with E-state index in [1.807, 2.05) is 18.2 Å². The number of carbonyl (C=O) groups excluding carboxylic acids is 1. The highest BCUT2D eigenvalue weighted by Crippen LogP contribution is 2.34. The third-order valence-corrected chi connectivity index (χ3v) is 4.79. The maximum absolute atomic E-state index is 13.1. The van der Waals surface area contributed by atoms with Crippen molar-refractivity contribution in [2.45, 2.75) is 25.6 Å². The average molecular weight is 398 g/mol. The Morgan fingerprint density at radius 3 is 2.66 bits per heavy atom. The van der Waals surface area contributed by atoms with Crippen molar-refractivity contribution in [3.63, 3.8) is 0 Å². The summed E-state index contributed by atoms with van der Waals surface area (Å²) in [6.45, 7) is 1.70. The predicted molar refractivity (Wildman–Crippen MR) is 105 cm³/mol. The summed E-state index contributed by atoms with van der Waals surface area (Å²) in [6.07, 6.45) is -3.82. The first-order chi connectivity index (χ1) is 13.8. The van der Waals surface area contributed by atoms with Crippen molar-refractivity contribution in [1.82, 2.24) is 9.97 Å². The monoisotopic (exact) mass is 398 g/mol. The van der Waals surface area contributed by atoms with E-state index in [-0.39, 0.29) is 5.56 Å². The number of carbonyl (C=O) groups is 1. The number of rotatable bonds is 4. The van der Waals surface area contributed by atoms with E-state index in [4.69, 9.17) is 0 Å². The first kappa shape index (κ1) is 19.1. The molecule has 29 heavy (non-hydrogen) atoms. The van der Waals surface area contributed by atoms with E-state index in [2.05, 4.69) is 9.97 Å². The van der Waals surface area contributed by atoms with Gasteiger partial charge in [-0.05, 0) is 43.2 Å². The molecule has 0 radical (unpaired) electrons. The summed E-state index contributed by atoms with van der Waals surface area (Å²) in [5, 5.41) is 10.3. The third-order valence-electron chi connectivity index (χ3n) is 4.79. The van der Waals surface area contributed by atoms with Gasteiger partial charge in [0.25, 0.3) is 0 Å². The van der Waals surface area contributed by atoms with Crippen LogP contribution in [0, 0.1) is 0 Å². The summed E-state index contributed by atoms with van der Waals surface area (Å²) in [4.78, 5) is 19.4. The number of aldehydes is 1. The molecule has 0 saturated carbocycles. The van der Waals surface area contributed by atoms with Gasteiger partial charge in [0.15, 0.2) is 6.29 Å². The topological polar surface area (TPSA) is 66.0 Å². The number of hydrogen-bond acceptors (Lipinski definition) is 3. The van der Waals surface area contributed by atoms with E-state index in [1.165, 1.54) is 18.2 Å². The van der Waals surface area contributed by atoms with Gasteiger partial charge in [0, 0.05) is 22.0 Å². The van der Waals surface area contributed by atoms with Gasteiger partial charge in [0.2, 0.25) is 0 Å². The Bertz CT molecular complexity index is 1230. The molecule has 2 aromatic heterocycles. The van der Waals surface area contributed by atoms with Crippen LogP contribution in [0.2, 0.25) is 0 Å². The minimum absolute atomic E-state index is 0.282. The van der Waals surface area contributed by atoms with E-state index in [0.717, 1.165) is 28.6 Å². The lowest BCUT2D eigenvalue weighted by molar-refractivity contribution is -0.137. The van der Waals surface area contributed by atoms with Crippen LogP contribution in [0.5, 0.6) is 0 Å². The van der Waals surface area contributed by atoms with Gasteiger partial charge >= 0.3 is 6.18 Å². The van der Waals surface area contributed by atoms with E-state index in [9.17, 15) is 23.1 Å². The summed E-state index contributed by atoms with van der Waals surface area (Å²) < 4.78 is 39.2. The van der Waals surface area contributed by atoms with Gasteiger partial charge in [-0.2, -0.15) is 13.2 Å². The molecule has 2 aromatic carbocycles. The minimum Gasteiger partial charge on any atom is -0.393 e. The highest BCUT2D eigenvalue weighted by atomic mass is 19.4. The molecule has 0 amide bonds. The number of pyridine rings is 1. The molecule has 0 aliphatic carbocycles. The number of H-pyrrole nitrogens is 1. The van der Waals surface area contributed by atoms with Crippen LogP contribution < -0.4 is 0 Å². The molecular weight excluding hydrogens is 381 g/mol. The molecule has 0 aliphatic rings. The molecule has 0 spiro atoms. The van der Waals surface area contributed by atoms with E-state index in [1.54, 1.807) is 6.92 Å². The zero-order chi connectivity index (χ0) is 20.8. The maximum Gasteiger partial charge on any atom is 0.416 e. The molecule has 2 heterocycles. The molecule has 0 unspecified atom stereocenters. The lowest BCUT2D eigenvalue weighted by Gasteiger charge is -2.09. The maximum atomic E-state index is 13.1. The van der Waals surface area contributed by atoms with Crippen molar-refractivity contribution in [3.8, 4) is 11.3 Å². The van der Waals surface area contributed by atoms with Crippen molar-refractivity contribution in [1.29, 1.82) is 0 Å². The SMILES string of the molecule is C[C@@H](O)Cc1ccc2c(c1)[nH]c1c(C=O)cc(-c3cccc(C(F)(F)F)c3)nc12. The lowest BCUT2D eigenvalue weighted by atomic mass is 10.0. The van der Waals surface area contributed by atoms with Gasteiger partial charge in [-0.3, -0.25) is 4.79 Å². The Morgan fingerprint density at radius 2 is 1.97 bits per heavy atom. The van der Waals surface area contributed by atoms with Crippen LogP contribution in [0.1, 0.15) is 28.4 Å². The molecule has 148 valence electrons. The average Bonchev–Trinajstić information content (AvgIpc) is 3.04. The molecule has 4 nitrogen and oxygen atoms in total. The van der Waals surface area contributed by atoms with Crippen molar-refractivity contribution in [2.75, 3.05) is 0 Å². The molecule has 4 aromatic rings. The zero-order valence-corrected chi connectivity index (χ0v) is 15.4. The van der Waals surface area contributed by atoms with Gasteiger partial charge in [-0.25, -0.2) is 4.98 Å². The summed E-state index contributed by atoms with van der Waals surface area (Å²) >= 11 is 0. The molecule has 4 rings (SSSR count). The number of aromatic amines is 1. The number of halogens is 3. The second kappa shape index (κ2) is 7.00. The Balaban J connectivity index is 1.91. The highest BCUT2D eigenvalue weighted by Gasteiger charge is 2.30. The largest absolute Gasteiger partial charge is 0.416 e. The van der Waals surface area contributed by atoms with Gasteiger partial charge in [-0.1, -0.05) is 24.3 Å². The van der Waals surface area contributed by atoms with E-state index >= 15 is 0 Å². The number of hydrogen-bond donors (Lipinski definition) is 2. The molecule has 0 aliphatic heterocycles. The second-order valence-electron chi connectivity index (χ2n) is 7.07. The van der Waals surface area contributed by atoms with Crippen LogP contribution in [-0.4, -0.2) is 27.5 Å². The Labute approximate surface area is 164 Å². The number of nitrogens with one attached hydrogen (secondary N) is 1. The number of fused-ring (bicyclic) bond motifs is 3. The molecule has 7 heteroatoms. The van der Waals surface area contributed by atoms with Crippen LogP contribution in [0.15, 0.2) is 48.5 Å². The predicted octanol–water partition coefficient (Wildman–Crippen LogP) is 5.14. The molecule has 1 atom stereocenters. The van der Waals surface area contributed by atoms with Crippen LogP contribution in [0.25, 0.3) is 33.2 Å². The van der Waals surface area contributed by atoms with Crippen molar-refractivity contribution < 1.29 is 23.1 Å². The number of alkyl halides is 3. The fourth-order valence-electron chi connectivity index (χ4n) is 3.49. The summed E-state index contributed by atoms with van der Waals surface area (Å²) in [7, 11) is 0. The van der Waals surface area contributed by atoms with E-state index in [0.29, 0.717) is 35.0 Å². The smallest absolute Gasteiger partial charge is 0.393 e.